The summed E-state index contributed by atoms with van der Waals surface area (Å²) in [6.07, 6.45) is 2.68. The minimum absolute atomic E-state index is 0. The van der Waals surface area contributed by atoms with Crippen molar-refractivity contribution in [2.45, 2.75) is 39.8 Å². The SMILES string of the molecule is CCN(CC)Cc1ccccc1CNC(=NC)N(C)CCOCC1CC1.I. The summed E-state index contributed by atoms with van der Waals surface area (Å²) in [5.74, 6) is 1.73. The van der Waals surface area contributed by atoms with E-state index in [1.165, 1.54) is 24.0 Å². The lowest BCUT2D eigenvalue weighted by Gasteiger charge is -2.24. The van der Waals surface area contributed by atoms with Gasteiger partial charge in [0.05, 0.1) is 6.61 Å². The number of rotatable bonds is 11. The monoisotopic (exact) mass is 488 g/mol. The number of halogens is 1. The highest BCUT2D eigenvalue weighted by atomic mass is 127. The largest absolute Gasteiger partial charge is 0.379 e. The van der Waals surface area contributed by atoms with Gasteiger partial charge in [-0.1, -0.05) is 38.1 Å². The second-order valence-electron chi connectivity index (χ2n) is 7.07. The van der Waals surface area contributed by atoms with Gasteiger partial charge in [0.1, 0.15) is 0 Å². The van der Waals surface area contributed by atoms with E-state index in [0.717, 1.165) is 57.8 Å². The Kier molecular flexibility index (Phi) is 11.9. The van der Waals surface area contributed by atoms with Gasteiger partial charge in [-0.2, -0.15) is 0 Å². The summed E-state index contributed by atoms with van der Waals surface area (Å²) in [7, 11) is 3.91. The van der Waals surface area contributed by atoms with E-state index in [4.69, 9.17) is 4.74 Å². The molecule has 0 aliphatic heterocycles. The summed E-state index contributed by atoms with van der Waals surface area (Å²) in [4.78, 5) is 9.00. The van der Waals surface area contributed by atoms with Crippen molar-refractivity contribution in [1.29, 1.82) is 0 Å². The lowest BCUT2D eigenvalue weighted by molar-refractivity contribution is 0.115. The van der Waals surface area contributed by atoms with Gasteiger partial charge in [0.25, 0.3) is 0 Å². The molecule has 0 saturated heterocycles. The summed E-state index contributed by atoms with van der Waals surface area (Å²) >= 11 is 0. The highest BCUT2D eigenvalue weighted by Crippen LogP contribution is 2.28. The molecule has 27 heavy (non-hydrogen) atoms. The zero-order valence-corrected chi connectivity index (χ0v) is 19.7. The molecule has 1 saturated carbocycles. The number of hydrogen-bond acceptors (Lipinski definition) is 3. The minimum Gasteiger partial charge on any atom is -0.379 e. The van der Waals surface area contributed by atoms with Crippen molar-refractivity contribution in [2.75, 3.05) is 46.9 Å². The van der Waals surface area contributed by atoms with E-state index in [9.17, 15) is 0 Å². The lowest BCUT2D eigenvalue weighted by Crippen LogP contribution is -2.40. The molecule has 1 fully saturated rings. The molecule has 1 aromatic rings. The molecule has 0 heterocycles. The number of likely N-dealkylation sites (N-methyl/N-ethyl adjacent to an activating group) is 1. The lowest BCUT2D eigenvalue weighted by atomic mass is 10.1. The molecular weight excluding hydrogens is 451 g/mol. The van der Waals surface area contributed by atoms with E-state index in [1.54, 1.807) is 0 Å². The van der Waals surface area contributed by atoms with Crippen LogP contribution >= 0.6 is 24.0 Å². The van der Waals surface area contributed by atoms with Crippen LogP contribution in [0.5, 0.6) is 0 Å². The Morgan fingerprint density at radius 1 is 1.19 bits per heavy atom. The third kappa shape index (κ3) is 8.79. The molecule has 0 unspecified atom stereocenters. The molecule has 0 amide bonds. The molecule has 1 N–H and O–H groups in total. The third-order valence-electron chi connectivity index (χ3n) is 5.04. The zero-order chi connectivity index (χ0) is 18.8. The summed E-state index contributed by atoms with van der Waals surface area (Å²) in [5.41, 5.74) is 2.72. The quantitative estimate of drug-likeness (QED) is 0.224. The van der Waals surface area contributed by atoms with Crippen molar-refractivity contribution in [1.82, 2.24) is 15.1 Å². The summed E-state index contributed by atoms with van der Waals surface area (Å²) in [5, 5.41) is 3.50. The van der Waals surface area contributed by atoms with Gasteiger partial charge in [-0.05, 0) is 43.0 Å². The maximum absolute atomic E-state index is 5.74. The molecule has 0 spiro atoms. The van der Waals surface area contributed by atoms with Crippen LogP contribution in [-0.4, -0.2) is 62.7 Å². The van der Waals surface area contributed by atoms with Crippen LogP contribution < -0.4 is 5.32 Å². The normalized spacial score (nSPS) is 14.2. The van der Waals surface area contributed by atoms with E-state index in [2.05, 4.69) is 65.3 Å². The molecule has 6 heteroatoms. The van der Waals surface area contributed by atoms with Gasteiger partial charge in [-0.3, -0.25) is 9.89 Å². The minimum atomic E-state index is 0. The smallest absolute Gasteiger partial charge is 0.193 e. The highest BCUT2D eigenvalue weighted by Gasteiger charge is 2.21. The Bertz CT molecular complexity index is 559. The van der Waals surface area contributed by atoms with Crippen LogP contribution in [-0.2, 0) is 17.8 Å². The van der Waals surface area contributed by atoms with Gasteiger partial charge < -0.3 is 15.0 Å². The third-order valence-corrected chi connectivity index (χ3v) is 5.04. The second kappa shape index (κ2) is 13.3. The average Bonchev–Trinajstić information content (AvgIpc) is 3.49. The van der Waals surface area contributed by atoms with E-state index in [-0.39, 0.29) is 24.0 Å². The Hall–Kier alpha value is -0.860. The Morgan fingerprint density at radius 3 is 2.44 bits per heavy atom. The number of benzene rings is 1. The average molecular weight is 488 g/mol. The molecule has 1 aliphatic rings. The van der Waals surface area contributed by atoms with Crippen LogP contribution in [0.1, 0.15) is 37.8 Å². The number of hydrogen-bond donors (Lipinski definition) is 1. The van der Waals surface area contributed by atoms with Crippen LogP contribution in [0.2, 0.25) is 0 Å². The number of ether oxygens (including phenoxy) is 1. The Labute approximate surface area is 182 Å². The van der Waals surface area contributed by atoms with Crippen molar-refractivity contribution in [3.8, 4) is 0 Å². The fourth-order valence-electron chi connectivity index (χ4n) is 2.97. The van der Waals surface area contributed by atoms with E-state index < -0.39 is 0 Å². The van der Waals surface area contributed by atoms with Crippen LogP contribution in [0, 0.1) is 5.92 Å². The van der Waals surface area contributed by atoms with Crippen molar-refractivity contribution in [2.24, 2.45) is 10.9 Å². The van der Waals surface area contributed by atoms with Crippen molar-refractivity contribution >= 4 is 29.9 Å². The van der Waals surface area contributed by atoms with Gasteiger partial charge in [-0.15, -0.1) is 24.0 Å². The van der Waals surface area contributed by atoms with Crippen LogP contribution in [0.15, 0.2) is 29.3 Å². The number of nitrogens with one attached hydrogen (secondary N) is 1. The number of guanidine groups is 1. The summed E-state index contributed by atoms with van der Waals surface area (Å²) in [6, 6.07) is 8.67. The van der Waals surface area contributed by atoms with Gasteiger partial charge in [-0.25, -0.2) is 0 Å². The van der Waals surface area contributed by atoms with Crippen LogP contribution in [0.4, 0.5) is 0 Å². The van der Waals surface area contributed by atoms with E-state index in [1.807, 2.05) is 7.05 Å². The van der Waals surface area contributed by atoms with Gasteiger partial charge >= 0.3 is 0 Å². The molecule has 1 aliphatic carbocycles. The van der Waals surface area contributed by atoms with Crippen LogP contribution in [0.25, 0.3) is 0 Å². The van der Waals surface area contributed by atoms with Gasteiger partial charge in [0, 0.05) is 40.3 Å². The molecule has 0 atom stereocenters. The first-order valence-electron chi connectivity index (χ1n) is 9.96. The molecule has 2 rings (SSSR count). The maximum Gasteiger partial charge on any atom is 0.193 e. The Balaban J connectivity index is 0.00000364. The molecule has 154 valence electrons. The predicted octanol–water partition coefficient (Wildman–Crippen LogP) is 3.58. The first-order chi connectivity index (χ1) is 12.7. The molecule has 0 bridgehead atoms. The first kappa shape index (κ1) is 24.2. The number of nitrogens with zero attached hydrogens (tertiary/aromatic N) is 3. The molecular formula is C21H37IN4O. The topological polar surface area (TPSA) is 40.1 Å². The Morgan fingerprint density at radius 2 is 1.85 bits per heavy atom. The standard InChI is InChI=1S/C21H36N4O.HI/c1-5-25(6-2)16-20-10-8-7-9-19(20)15-23-21(22-3)24(4)13-14-26-17-18-11-12-18;/h7-10,18H,5-6,11-17H2,1-4H3,(H,22,23);1H. The molecule has 1 aromatic carbocycles. The highest BCUT2D eigenvalue weighted by molar-refractivity contribution is 14.0. The molecule has 5 nitrogen and oxygen atoms in total. The molecule has 0 radical (unpaired) electrons. The fraction of sp³-hybridized carbons (Fsp3) is 0.667. The maximum atomic E-state index is 5.74. The van der Waals surface area contributed by atoms with Crippen molar-refractivity contribution < 1.29 is 4.74 Å². The van der Waals surface area contributed by atoms with E-state index >= 15 is 0 Å². The summed E-state index contributed by atoms with van der Waals surface area (Å²) < 4.78 is 5.74. The van der Waals surface area contributed by atoms with E-state index in [0.29, 0.717) is 0 Å². The summed E-state index contributed by atoms with van der Waals surface area (Å²) in [6.45, 7) is 10.9. The first-order valence-corrected chi connectivity index (χ1v) is 9.96. The predicted molar refractivity (Wildman–Crippen MR) is 125 cm³/mol. The number of aliphatic imine (C=N–C) groups is 1. The fourth-order valence-corrected chi connectivity index (χ4v) is 2.97. The van der Waals surface area contributed by atoms with Gasteiger partial charge in [0.15, 0.2) is 5.96 Å². The zero-order valence-electron chi connectivity index (χ0n) is 17.4. The van der Waals surface area contributed by atoms with Crippen molar-refractivity contribution in [3.63, 3.8) is 0 Å². The van der Waals surface area contributed by atoms with Gasteiger partial charge in [0.2, 0.25) is 0 Å². The van der Waals surface area contributed by atoms with Crippen molar-refractivity contribution in [3.05, 3.63) is 35.4 Å². The second-order valence-corrected chi connectivity index (χ2v) is 7.07. The van der Waals surface area contributed by atoms with Crippen LogP contribution in [0.3, 0.4) is 0 Å². The molecule has 0 aromatic heterocycles.